The number of hydrogen-bond acceptors (Lipinski definition) is 5. The van der Waals surface area contributed by atoms with Crippen LogP contribution in [0.1, 0.15) is 34.1 Å². The van der Waals surface area contributed by atoms with Gasteiger partial charge in [0.1, 0.15) is 4.90 Å². The van der Waals surface area contributed by atoms with Crippen LogP contribution in [0.2, 0.25) is 0 Å². The molecule has 0 saturated carbocycles. The van der Waals surface area contributed by atoms with Crippen molar-refractivity contribution in [3.05, 3.63) is 12.4 Å². The van der Waals surface area contributed by atoms with Crippen LogP contribution in [0.5, 0.6) is 0 Å². The first-order chi connectivity index (χ1) is 10.5. The lowest BCUT2D eigenvalue weighted by Crippen LogP contribution is -2.57. The quantitative estimate of drug-likeness (QED) is 0.601. The molecule has 0 bridgehead atoms. The minimum Gasteiger partial charge on any atom is -0.348 e. The lowest BCUT2D eigenvalue weighted by atomic mass is 9.90. The summed E-state index contributed by atoms with van der Waals surface area (Å²) >= 11 is 0. The summed E-state index contributed by atoms with van der Waals surface area (Å²) < 4.78 is 28.1. The fourth-order valence-electron chi connectivity index (χ4n) is 2.38. The third-order valence-electron chi connectivity index (χ3n) is 3.45. The maximum Gasteiger partial charge on any atom is 0.244 e. The smallest absolute Gasteiger partial charge is 0.244 e. The SMILES string of the molecule is CC(C)CC(C)(CN)NC(=O)C(C)NS(=O)(=O)c1cnn(C)c1.Cl. The molecule has 8 nitrogen and oxygen atoms in total. The molecule has 1 amide bonds. The van der Waals surface area contributed by atoms with Gasteiger partial charge in [-0.1, -0.05) is 13.8 Å². The average molecular weight is 382 g/mol. The molecule has 1 heterocycles. The van der Waals surface area contributed by atoms with Gasteiger partial charge < -0.3 is 11.1 Å². The van der Waals surface area contributed by atoms with Gasteiger partial charge in [0.25, 0.3) is 0 Å². The van der Waals surface area contributed by atoms with Crippen LogP contribution >= 0.6 is 12.4 Å². The summed E-state index contributed by atoms with van der Waals surface area (Å²) in [7, 11) is -2.18. The Morgan fingerprint density at radius 3 is 2.42 bits per heavy atom. The van der Waals surface area contributed by atoms with Crippen molar-refractivity contribution < 1.29 is 13.2 Å². The van der Waals surface area contributed by atoms with Gasteiger partial charge in [-0.15, -0.1) is 12.4 Å². The van der Waals surface area contributed by atoms with Crippen LogP contribution < -0.4 is 15.8 Å². The van der Waals surface area contributed by atoms with E-state index in [0.29, 0.717) is 12.3 Å². The Balaban J connectivity index is 0.00000529. The molecule has 140 valence electrons. The number of carbonyl (C=O) groups is 1. The fourth-order valence-corrected chi connectivity index (χ4v) is 3.57. The minimum absolute atomic E-state index is 0. The minimum atomic E-state index is -3.79. The van der Waals surface area contributed by atoms with E-state index in [9.17, 15) is 13.2 Å². The molecule has 0 fully saturated rings. The Morgan fingerprint density at radius 1 is 1.42 bits per heavy atom. The summed E-state index contributed by atoms with van der Waals surface area (Å²) in [5, 5.41) is 6.66. The first-order valence-electron chi connectivity index (χ1n) is 7.52. The summed E-state index contributed by atoms with van der Waals surface area (Å²) in [6.45, 7) is 7.70. The highest BCUT2D eigenvalue weighted by Crippen LogP contribution is 2.15. The van der Waals surface area contributed by atoms with E-state index in [1.54, 1.807) is 7.05 Å². The molecule has 10 heteroatoms. The zero-order valence-corrected chi connectivity index (χ0v) is 16.4. The second-order valence-electron chi connectivity index (χ2n) is 6.54. The van der Waals surface area contributed by atoms with Crippen molar-refractivity contribution in [2.24, 2.45) is 18.7 Å². The molecule has 0 aliphatic heterocycles. The van der Waals surface area contributed by atoms with Crippen molar-refractivity contribution in [3.8, 4) is 0 Å². The highest BCUT2D eigenvalue weighted by Gasteiger charge is 2.30. The third-order valence-corrected chi connectivity index (χ3v) is 4.95. The second-order valence-corrected chi connectivity index (χ2v) is 8.26. The number of carbonyl (C=O) groups excluding carboxylic acids is 1. The zero-order valence-electron chi connectivity index (χ0n) is 14.7. The standard InChI is InChI=1S/C14H27N5O3S.ClH/c1-10(2)6-14(4,9-15)17-13(20)11(3)18-23(21,22)12-7-16-19(5)8-12;/h7-8,10-11,18H,6,9,15H2,1-5H3,(H,17,20);1H. The lowest BCUT2D eigenvalue weighted by molar-refractivity contribution is -0.124. The second kappa shape index (κ2) is 8.80. The van der Waals surface area contributed by atoms with Crippen molar-refractivity contribution in [2.45, 2.75) is 50.6 Å². The number of hydrogen-bond donors (Lipinski definition) is 3. The van der Waals surface area contributed by atoms with Crippen LogP contribution in [0.25, 0.3) is 0 Å². The van der Waals surface area contributed by atoms with Crippen LogP contribution in [0.4, 0.5) is 0 Å². The molecule has 0 aliphatic rings. The van der Waals surface area contributed by atoms with E-state index < -0.39 is 27.5 Å². The van der Waals surface area contributed by atoms with Crippen LogP contribution in [0.3, 0.4) is 0 Å². The molecular weight excluding hydrogens is 354 g/mol. The maximum atomic E-state index is 12.3. The summed E-state index contributed by atoms with van der Waals surface area (Å²) in [6, 6.07) is -0.918. The molecular formula is C14H28ClN5O3S. The maximum absolute atomic E-state index is 12.3. The predicted octanol–water partition coefficient (Wildman–Crippen LogP) is 0.388. The molecule has 2 unspecified atom stereocenters. The van der Waals surface area contributed by atoms with Crippen molar-refractivity contribution in [2.75, 3.05) is 6.54 Å². The van der Waals surface area contributed by atoms with Gasteiger partial charge in [0.05, 0.1) is 12.2 Å². The number of halogens is 1. The van der Waals surface area contributed by atoms with Gasteiger partial charge in [0.15, 0.2) is 0 Å². The van der Waals surface area contributed by atoms with E-state index in [2.05, 4.69) is 15.1 Å². The largest absolute Gasteiger partial charge is 0.348 e. The summed E-state index contributed by atoms with van der Waals surface area (Å²) in [5.74, 6) is -0.0580. The number of nitrogens with zero attached hydrogens (tertiary/aromatic N) is 2. The molecule has 0 saturated heterocycles. The predicted molar refractivity (Wildman–Crippen MR) is 95.3 cm³/mol. The van der Waals surface area contributed by atoms with Crippen LogP contribution in [-0.4, -0.2) is 42.2 Å². The molecule has 0 aromatic carbocycles. The zero-order chi connectivity index (χ0) is 17.8. The first-order valence-corrected chi connectivity index (χ1v) is 9.00. The van der Waals surface area contributed by atoms with E-state index in [1.807, 2.05) is 20.8 Å². The number of nitrogens with two attached hydrogens (primary N) is 1. The Labute approximate surface area is 150 Å². The van der Waals surface area contributed by atoms with Gasteiger partial charge >= 0.3 is 0 Å². The Hall–Kier alpha value is -1.16. The average Bonchev–Trinajstić information content (AvgIpc) is 2.84. The normalized spacial score (nSPS) is 15.5. The van der Waals surface area contributed by atoms with E-state index in [1.165, 1.54) is 24.0 Å². The summed E-state index contributed by atoms with van der Waals surface area (Å²) in [4.78, 5) is 12.3. The van der Waals surface area contributed by atoms with Gasteiger partial charge in [-0.3, -0.25) is 9.48 Å². The van der Waals surface area contributed by atoms with Crippen LogP contribution in [0.15, 0.2) is 17.3 Å². The highest BCUT2D eigenvalue weighted by atomic mass is 35.5. The fraction of sp³-hybridized carbons (Fsp3) is 0.714. The van der Waals surface area contributed by atoms with Crippen molar-refractivity contribution in [1.29, 1.82) is 0 Å². The number of sulfonamides is 1. The molecule has 0 spiro atoms. The third kappa shape index (κ3) is 6.39. The first kappa shape index (κ1) is 22.8. The molecule has 1 aromatic rings. The van der Waals surface area contributed by atoms with E-state index in [0.717, 1.165) is 0 Å². The topological polar surface area (TPSA) is 119 Å². The Kier molecular flexibility index (Phi) is 8.37. The Morgan fingerprint density at radius 2 is 2.00 bits per heavy atom. The molecule has 4 N–H and O–H groups in total. The van der Waals surface area contributed by atoms with E-state index >= 15 is 0 Å². The number of nitrogens with one attached hydrogen (secondary N) is 2. The lowest BCUT2D eigenvalue weighted by Gasteiger charge is -2.32. The number of rotatable bonds is 8. The number of amides is 1. The highest BCUT2D eigenvalue weighted by molar-refractivity contribution is 7.89. The molecule has 1 aromatic heterocycles. The number of aryl methyl sites for hydroxylation is 1. The van der Waals surface area contributed by atoms with Crippen molar-refractivity contribution in [3.63, 3.8) is 0 Å². The van der Waals surface area contributed by atoms with E-state index in [-0.39, 0.29) is 23.8 Å². The van der Waals surface area contributed by atoms with Gasteiger partial charge in [-0.05, 0) is 26.2 Å². The molecule has 0 aliphatic carbocycles. The molecule has 24 heavy (non-hydrogen) atoms. The van der Waals surface area contributed by atoms with Gasteiger partial charge in [-0.2, -0.15) is 9.82 Å². The van der Waals surface area contributed by atoms with Crippen LogP contribution in [-0.2, 0) is 21.9 Å². The van der Waals surface area contributed by atoms with Gasteiger partial charge in [-0.25, -0.2) is 8.42 Å². The monoisotopic (exact) mass is 381 g/mol. The Bertz CT molecular complexity index is 647. The summed E-state index contributed by atoms with van der Waals surface area (Å²) in [5.41, 5.74) is 5.19. The number of aromatic nitrogens is 2. The van der Waals surface area contributed by atoms with E-state index in [4.69, 9.17) is 5.73 Å². The molecule has 2 atom stereocenters. The molecule has 0 radical (unpaired) electrons. The summed E-state index contributed by atoms with van der Waals surface area (Å²) in [6.07, 6.45) is 3.31. The van der Waals surface area contributed by atoms with Gasteiger partial charge in [0, 0.05) is 25.3 Å². The van der Waals surface area contributed by atoms with Crippen molar-refractivity contribution >= 4 is 28.3 Å². The van der Waals surface area contributed by atoms with Crippen molar-refractivity contribution in [1.82, 2.24) is 19.8 Å². The van der Waals surface area contributed by atoms with Gasteiger partial charge in [0.2, 0.25) is 15.9 Å². The van der Waals surface area contributed by atoms with Crippen LogP contribution in [0, 0.1) is 5.92 Å². The molecule has 1 rings (SSSR count).